The van der Waals surface area contributed by atoms with Crippen molar-refractivity contribution in [3.05, 3.63) is 120 Å². The summed E-state index contributed by atoms with van der Waals surface area (Å²) in [6.07, 6.45) is 5.27. The summed E-state index contributed by atoms with van der Waals surface area (Å²) in [5, 5.41) is 3.24. The molecule has 0 aromatic heterocycles. The minimum atomic E-state index is -4.30. The third-order valence-corrected chi connectivity index (χ3v) is 10.7. The highest BCUT2D eigenvalue weighted by atomic mass is 32.2. The number of hydrogen-bond acceptors (Lipinski definition) is 6. The first-order chi connectivity index (χ1) is 23.7. The van der Waals surface area contributed by atoms with Gasteiger partial charge >= 0.3 is 0 Å². The maximum Gasteiger partial charge on any atom is 0.264 e. The summed E-state index contributed by atoms with van der Waals surface area (Å²) < 4.78 is 40.6. The van der Waals surface area contributed by atoms with Gasteiger partial charge in [-0.1, -0.05) is 97.6 Å². The Balaban J connectivity index is 1.56. The molecule has 9 nitrogen and oxygen atoms in total. The Labute approximate surface area is 289 Å². The van der Waals surface area contributed by atoms with E-state index in [1.165, 1.54) is 37.3 Å². The predicted molar refractivity (Wildman–Crippen MR) is 191 cm³/mol. The van der Waals surface area contributed by atoms with Crippen LogP contribution in [0.5, 0.6) is 11.5 Å². The summed E-state index contributed by atoms with van der Waals surface area (Å²) in [5.74, 6) is -0.134. The molecule has 2 amide bonds. The molecule has 10 heteroatoms. The highest BCUT2D eigenvalue weighted by Gasteiger charge is 2.35. The van der Waals surface area contributed by atoms with Gasteiger partial charge in [0.15, 0.2) is 11.5 Å². The van der Waals surface area contributed by atoms with Gasteiger partial charge < -0.3 is 19.7 Å². The van der Waals surface area contributed by atoms with Gasteiger partial charge in [0.2, 0.25) is 11.8 Å². The molecule has 4 aromatic carbocycles. The number of ether oxygens (including phenoxy) is 2. The Morgan fingerprint density at radius 1 is 0.796 bits per heavy atom. The smallest absolute Gasteiger partial charge is 0.264 e. The molecule has 4 aromatic rings. The lowest BCUT2D eigenvalue weighted by Gasteiger charge is -2.35. The number of methoxy groups -OCH3 is 2. The van der Waals surface area contributed by atoms with Crippen molar-refractivity contribution in [3.8, 4) is 11.5 Å². The molecule has 0 bridgehead atoms. The second-order valence-electron chi connectivity index (χ2n) is 12.4. The van der Waals surface area contributed by atoms with Crippen LogP contribution in [-0.2, 0) is 32.6 Å². The molecule has 1 aliphatic carbocycles. The van der Waals surface area contributed by atoms with Gasteiger partial charge in [0, 0.05) is 25.1 Å². The van der Waals surface area contributed by atoms with Crippen LogP contribution in [-0.4, -0.2) is 58.0 Å². The fourth-order valence-electron chi connectivity index (χ4n) is 6.22. The normalized spacial score (nSPS) is 14.0. The number of carbonyl (C=O) groups is 2. The van der Waals surface area contributed by atoms with Crippen LogP contribution in [0.4, 0.5) is 5.69 Å². The number of aryl methyl sites for hydroxylation is 1. The number of nitrogens with one attached hydrogen (secondary N) is 1. The average molecular weight is 684 g/mol. The van der Waals surface area contributed by atoms with Gasteiger partial charge in [-0.2, -0.15) is 0 Å². The monoisotopic (exact) mass is 683 g/mol. The quantitative estimate of drug-likeness (QED) is 0.167. The molecule has 0 saturated heterocycles. The molecule has 258 valence electrons. The zero-order chi connectivity index (χ0) is 34.8. The van der Waals surface area contributed by atoms with E-state index in [4.69, 9.17) is 9.47 Å². The van der Waals surface area contributed by atoms with Crippen LogP contribution in [0.1, 0.15) is 48.8 Å². The van der Waals surface area contributed by atoms with Crippen LogP contribution >= 0.6 is 0 Å². The largest absolute Gasteiger partial charge is 0.493 e. The van der Waals surface area contributed by atoms with Crippen molar-refractivity contribution in [2.45, 2.75) is 69.0 Å². The first kappa shape index (κ1) is 35.5. The number of carbonyl (C=O) groups excluding carboxylic acids is 2. The molecule has 1 fully saturated rings. The Kier molecular flexibility index (Phi) is 12.0. The van der Waals surface area contributed by atoms with Crippen LogP contribution < -0.4 is 19.1 Å². The third-order valence-electron chi connectivity index (χ3n) is 8.96. The summed E-state index contributed by atoms with van der Waals surface area (Å²) in [7, 11) is -1.39. The Morgan fingerprint density at radius 3 is 2.06 bits per heavy atom. The van der Waals surface area contributed by atoms with E-state index in [0.29, 0.717) is 11.4 Å². The van der Waals surface area contributed by atoms with Crippen molar-refractivity contribution in [3.63, 3.8) is 0 Å². The topological polar surface area (TPSA) is 105 Å². The number of para-hydroxylation sites is 1. The van der Waals surface area contributed by atoms with Gasteiger partial charge in [-0.3, -0.25) is 13.9 Å². The molecule has 49 heavy (non-hydrogen) atoms. The second-order valence-corrected chi connectivity index (χ2v) is 14.3. The van der Waals surface area contributed by atoms with Crippen LogP contribution in [0, 0.1) is 6.92 Å². The zero-order valence-electron chi connectivity index (χ0n) is 28.4. The van der Waals surface area contributed by atoms with E-state index in [1.54, 1.807) is 30.3 Å². The lowest BCUT2D eigenvalue weighted by Crippen LogP contribution is -2.55. The van der Waals surface area contributed by atoms with Crippen molar-refractivity contribution in [1.29, 1.82) is 0 Å². The standard InChI is InChI=1S/C39H45N3O6S/c1-29-19-21-31(22-20-29)27-41(35(25-30-13-7-4-8-14-30)39(44)40-32-15-9-5-10-16-32)38(43)28-42(33-17-11-6-12-18-33)49(45,46)34-23-24-36(47-2)37(26-34)48-3/h4,6-8,11-14,17-24,26,32,35H,5,9-10,15-16,25,27-28H2,1-3H3,(H,40,44). The van der Waals surface area contributed by atoms with E-state index in [2.05, 4.69) is 5.32 Å². The molecule has 1 N–H and O–H groups in total. The summed E-state index contributed by atoms with van der Waals surface area (Å²) in [4.78, 5) is 30.4. The van der Waals surface area contributed by atoms with Gasteiger partial charge in [0.25, 0.3) is 10.0 Å². The van der Waals surface area contributed by atoms with Crippen LogP contribution in [0.15, 0.2) is 108 Å². The summed E-state index contributed by atoms with van der Waals surface area (Å²) in [6, 6.07) is 29.4. The van der Waals surface area contributed by atoms with E-state index in [1.807, 2.05) is 61.5 Å². The summed E-state index contributed by atoms with van der Waals surface area (Å²) >= 11 is 0. The highest BCUT2D eigenvalue weighted by molar-refractivity contribution is 7.92. The number of amides is 2. The van der Waals surface area contributed by atoms with E-state index in [9.17, 15) is 18.0 Å². The molecular formula is C39H45N3O6S. The second kappa shape index (κ2) is 16.5. The SMILES string of the molecule is COc1ccc(S(=O)(=O)N(CC(=O)N(Cc2ccc(C)cc2)C(Cc2ccccc2)C(=O)NC2CCCCC2)c2ccccc2)cc1OC. The molecule has 1 aliphatic rings. The van der Waals surface area contributed by atoms with Crippen molar-refractivity contribution < 1.29 is 27.5 Å². The first-order valence-corrected chi connectivity index (χ1v) is 18.1. The molecule has 0 spiro atoms. The lowest BCUT2D eigenvalue weighted by atomic mass is 9.94. The van der Waals surface area contributed by atoms with Gasteiger partial charge in [0.1, 0.15) is 12.6 Å². The van der Waals surface area contributed by atoms with Gasteiger partial charge in [-0.15, -0.1) is 0 Å². The molecular weight excluding hydrogens is 639 g/mol. The minimum Gasteiger partial charge on any atom is -0.493 e. The number of rotatable bonds is 14. The fourth-order valence-corrected chi connectivity index (χ4v) is 7.65. The number of benzene rings is 4. The predicted octanol–water partition coefficient (Wildman–Crippen LogP) is 6.30. The highest BCUT2D eigenvalue weighted by Crippen LogP contribution is 2.32. The molecule has 0 radical (unpaired) electrons. The maximum absolute atomic E-state index is 14.7. The zero-order valence-corrected chi connectivity index (χ0v) is 29.2. The van der Waals surface area contributed by atoms with E-state index >= 15 is 0 Å². The molecule has 1 atom stereocenters. The number of hydrogen-bond donors (Lipinski definition) is 1. The first-order valence-electron chi connectivity index (χ1n) is 16.7. The van der Waals surface area contributed by atoms with Crippen molar-refractivity contribution in [2.24, 2.45) is 0 Å². The van der Waals surface area contributed by atoms with Crippen molar-refractivity contribution >= 4 is 27.5 Å². The van der Waals surface area contributed by atoms with Crippen molar-refractivity contribution in [1.82, 2.24) is 10.2 Å². The molecule has 5 rings (SSSR count). The number of nitrogens with zero attached hydrogens (tertiary/aromatic N) is 2. The van der Waals surface area contributed by atoms with Gasteiger partial charge in [-0.25, -0.2) is 8.42 Å². The van der Waals surface area contributed by atoms with Gasteiger partial charge in [-0.05, 0) is 55.2 Å². The van der Waals surface area contributed by atoms with Crippen LogP contribution in [0.2, 0.25) is 0 Å². The summed E-state index contributed by atoms with van der Waals surface area (Å²) in [5.41, 5.74) is 3.10. The average Bonchev–Trinajstić information content (AvgIpc) is 3.13. The number of sulfonamides is 1. The van der Waals surface area contributed by atoms with E-state index in [0.717, 1.165) is 53.1 Å². The summed E-state index contributed by atoms with van der Waals surface area (Å²) in [6.45, 7) is 1.57. The number of anilines is 1. The molecule has 1 unspecified atom stereocenters. The van der Waals surface area contributed by atoms with Gasteiger partial charge in [0.05, 0.1) is 24.8 Å². The van der Waals surface area contributed by atoms with E-state index < -0.39 is 28.5 Å². The maximum atomic E-state index is 14.7. The lowest BCUT2D eigenvalue weighted by molar-refractivity contribution is -0.140. The fraction of sp³-hybridized carbons (Fsp3) is 0.333. The molecule has 0 aliphatic heterocycles. The minimum absolute atomic E-state index is 0.0297. The Bertz CT molecular complexity index is 1790. The van der Waals surface area contributed by atoms with E-state index in [-0.39, 0.29) is 35.6 Å². The van der Waals surface area contributed by atoms with Crippen LogP contribution in [0.3, 0.4) is 0 Å². The molecule has 0 heterocycles. The molecule has 1 saturated carbocycles. The van der Waals surface area contributed by atoms with Crippen molar-refractivity contribution in [2.75, 3.05) is 25.1 Å². The Morgan fingerprint density at radius 2 is 1.43 bits per heavy atom. The van der Waals surface area contributed by atoms with Crippen LogP contribution in [0.25, 0.3) is 0 Å². The Hall–Kier alpha value is -4.83. The third kappa shape index (κ3) is 9.00.